The van der Waals surface area contributed by atoms with Crippen LogP contribution in [0.1, 0.15) is 54.3 Å². The van der Waals surface area contributed by atoms with Crippen LogP contribution >= 0.6 is 0 Å². The summed E-state index contributed by atoms with van der Waals surface area (Å²) in [5, 5.41) is 12.0. The fourth-order valence-electron chi connectivity index (χ4n) is 5.84. The van der Waals surface area contributed by atoms with Crippen LogP contribution in [0.2, 0.25) is 0 Å². The number of aliphatic hydroxyl groups is 1. The number of rotatable bonds is 11. The van der Waals surface area contributed by atoms with E-state index in [-0.39, 0.29) is 49.2 Å². The fraction of sp³-hybridized carbons (Fsp3) is 0.500. The Bertz CT molecular complexity index is 1460. The molecule has 0 spiro atoms. The maximum Gasteiger partial charge on any atom is 0.418 e. The molecule has 0 radical (unpaired) electrons. The number of anilines is 1. The molecule has 10 nitrogen and oxygen atoms in total. The minimum absolute atomic E-state index is 0.00862. The van der Waals surface area contributed by atoms with E-state index in [9.17, 15) is 18.0 Å². The molecule has 1 saturated heterocycles. The maximum atomic E-state index is 14.1. The Kier molecular flexibility index (Phi) is 10.5. The first-order valence-corrected chi connectivity index (χ1v) is 15.4. The smallest absolute Gasteiger partial charge is 0.418 e. The van der Waals surface area contributed by atoms with Gasteiger partial charge in [-0.15, -0.1) is 0 Å². The summed E-state index contributed by atoms with van der Waals surface area (Å²) >= 11 is 0. The number of likely N-dealkylation sites (N-methyl/N-ethyl adjacent to an activating group) is 1. The predicted molar refractivity (Wildman–Crippen MR) is 163 cm³/mol. The molecule has 0 aromatic carbocycles. The van der Waals surface area contributed by atoms with Gasteiger partial charge in [0.1, 0.15) is 17.3 Å². The molecule has 2 N–H and O–H groups in total. The third-order valence-corrected chi connectivity index (χ3v) is 8.37. The third-order valence-electron chi connectivity index (χ3n) is 8.37. The number of pyridine rings is 3. The lowest BCUT2D eigenvalue weighted by atomic mass is 9.92. The van der Waals surface area contributed by atoms with Gasteiger partial charge in [0.05, 0.1) is 36.2 Å². The van der Waals surface area contributed by atoms with E-state index >= 15 is 0 Å². The number of fused-ring (bicyclic) bond motifs is 1. The average molecular weight is 628 g/mol. The summed E-state index contributed by atoms with van der Waals surface area (Å²) in [5.74, 6) is 1.30. The molecule has 5 heterocycles. The van der Waals surface area contributed by atoms with Gasteiger partial charge in [-0.2, -0.15) is 13.2 Å². The van der Waals surface area contributed by atoms with E-state index in [2.05, 4.69) is 32.1 Å². The molecule has 2 aliphatic heterocycles. The van der Waals surface area contributed by atoms with Crippen LogP contribution in [0.15, 0.2) is 42.9 Å². The van der Waals surface area contributed by atoms with Crippen LogP contribution in [0.4, 0.5) is 19.0 Å². The minimum atomic E-state index is -4.57. The molecule has 1 fully saturated rings. The van der Waals surface area contributed by atoms with E-state index in [0.29, 0.717) is 43.5 Å². The third kappa shape index (κ3) is 8.27. The monoisotopic (exact) mass is 627 g/mol. The summed E-state index contributed by atoms with van der Waals surface area (Å²) in [5.41, 5.74) is 1.17. The van der Waals surface area contributed by atoms with Crippen LogP contribution in [-0.4, -0.2) is 93.1 Å². The number of hydrogen-bond donors (Lipinski definition) is 2. The highest BCUT2D eigenvalue weighted by Crippen LogP contribution is 2.35. The standard InChI is InChI=1S/C32H40F3N7O3/c1-3-23-19-42(20-24-15-26(18-39-31(23)24)45-25-5-6-36-29(16-25)37-7-12-43)30(44)14-22-13-27(32(33,34)35)28(38-17-22)21-41-10-8-40(4-2)9-11-41/h5-6,13,15-18,23,43H,3-4,7-12,14,19-21H2,1-2H3,(H,36,37). The largest absolute Gasteiger partial charge is 0.456 e. The molecule has 13 heteroatoms. The SMILES string of the molecule is CCC1CN(C(=O)Cc2cnc(CN3CCN(CC)CC3)c(C(F)(F)F)c2)Cc2cc(Oc3ccnc(NCCO)c3)cnc21. The van der Waals surface area contributed by atoms with Crippen molar-refractivity contribution in [3.05, 3.63) is 70.9 Å². The van der Waals surface area contributed by atoms with Crippen LogP contribution in [0, 0.1) is 0 Å². The molecule has 242 valence electrons. The first-order chi connectivity index (χ1) is 21.7. The maximum absolute atomic E-state index is 14.1. The van der Waals surface area contributed by atoms with E-state index < -0.39 is 11.7 Å². The molecule has 0 bridgehead atoms. The second-order valence-electron chi connectivity index (χ2n) is 11.4. The zero-order valence-electron chi connectivity index (χ0n) is 25.7. The number of nitrogens with zero attached hydrogens (tertiary/aromatic N) is 6. The van der Waals surface area contributed by atoms with Crippen LogP contribution < -0.4 is 10.1 Å². The van der Waals surface area contributed by atoms with Crippen LogP contribution in [0.25, 0.3) is 0 Å². The van der Waals surface area contributed by atoms with Gasteiger partial charge >= 0.3 is 6.18 Å². The molecule has 2 aliphatic rings. The van der Waals surface area contributed by atoms with Gasteiger partial charge < -0.3 is 25.0 Å². The van der Waals surface area contributed by atoms with E-state index in [1.54, 1.807) is 29.4 Å². The summed E-state index contributed by atoms with van der Waals surface area (Å²) in [6, 6.07) is 6.35. The van der Waals surface area contributed by atoms with Crippen molar-refractivity contribution in [3.8, 4) is 11.5 Å². The van der Waals surface area contributed by atoms with Gasteiger partial charge in [0.15, 0.2) is 0 Å². The number of nitrogens with one attached hydrogen (secondary N) is 1. The van der Waals surface area contributed by atoms with Crippen molar-refractivity contribution in [1.82, 2.24) is 29.7 Å². The Morgan fingerprint density at radius 1 is 1.04 bits per heavy atom. The first-order valence-electron chi connectivity index (χ1n) is 15.4. The Balaban J connectivity index is 1.28. The van der Waals surface area contributed by atoms with Crippen molar-refractivity contribution >= 4 is 11.7 Å². The molecule has 45 heavy (non-hydrogen) atoms. The van der Waals surface area contributed by atoms with E-state index in [0.717, 1.165) is 43.4 Å². The number of amides is 1. The predicted octanol–water partition coefficient (Wildman–Crippen LogP) is 4.30. The summed E-state index contributed by atoms with van der Waals surface area (Å²) in [7, 11) is 0. The normalized spacial score (nSPS) is 17.6. The lowest BCUT2D eigenvalue weighted by Crippen LogP contribution is -2.45. The van der Waals surface area contributed by atoms with Gasteiger partial charge in [-0.25, -0.2) is 4.98 Å². The van der Waals surface area contributed by atoms with E-state index in [1.807, 2.05) is 17.9 Å². The molecule has 3 aromatic heterocycles. The van der Waals surface area contributed by atoms with Crippen LogP contribution in [0.5, 0.6) is 11.5 Å². The number of piperazine rings is 1. The summed E-state index contributed by atoms with van der Waals surface area (Å²) in [4.78, 5) is 32.5. The number of carbonyl (C=O) groups excluding carboxylic acids is 1. The van der Waals surface area contributed by atoms with Crippen molar-refractivity contribution in [2.75, 3.05) is 57.7 Å². The number of alkyl halides is 3. The lowest BCUT2D eigenvalue weighted by Gasteiger charge is -2.34. The Morgan fingerprint density at radius 3 is 2.53 bits per heavy atom. The fourth-order valence-corrected chi connectivity index (χ4v) is 5.84. The molecule has 1 amide bonds. The molecular weight excluding hydrogens is 587 g/mol. The van der Waals surface area contributed by atoms with Crippen LogP contribution in [0.3, 0.4) is 0 Å². The van der Waals surface area contributed by atoms with Crippen molar-refractivity contribution < 1.29 is 27.8 Å². The van der Waals surface area contributed by atoms with Gasteiger partial charge in [-0.05, 0) is 42.3 Å². The van der Waals surface area contributed by atoms with Crippen LogP contribution in [-0.2, 0) is 30.5 Å². The Hall–Kier alpha value is -3.81. The quantitative estimate of drug-likeness (QED) is 0.322. The highest BCUT2D eigenvalue weighted by molar-refractivity contribution is 5.79. The highest BCUT2D eigenvalue weighted by Gasteiger charge is 2.36. The zero-order valence-corrected chi connectivity index (χ0v) is 25.7. The van der Waals surface area contributed by atoms with E-state index in [4.69, 9.17) is 9.84 Å². The number of ether oxygens (including phenoxy) is 1. The zero-order chi connectivity index (χ0) is 32.0. The molecule has 3 aromatic rings. The molecule has 0 saturated carbocycles. The lowest BCUT2D eigenvalue weighted by molar-refractivity contribution is -0.139. The number of aliphatic hydroxyl groups excluding tert-OH is 1. The topological polar surface area (TPSA) is 107 Å². The number of halogens is 3. The van der Waals surface area contributed by atoms with Gasteiger partial charge in [-0.1, -0.05) is 13.8 Å². The summed E-state index contributed by atoms with van der Waals surface area (Å²) in [6.07, 6.45) is 0.641. The summed E-state index contributed by atoms with van der Waals surface area (Å²) in [6.45, 7) is 9.19. The molecule has 1 atom stereocenters. The highest BCUT2D eigenvalue weighted by atomic mass is 19.4. The van der Waals surface area contributed by atoms with E-state index in [1.165, 1.54) is 6.20 Å². The molecule has 5 rings (SSSR count). The van der Waals surface area contributed by atoms with Gasteiger partial charge in [-0.3, -0.25) is 19.7 Å². The number of hydrogen-bond acceptors (Lipinski definition) is 9. The van der Waals surface area contributed by atoms with Gasteiger partial charge in [0.2, 0.25) is 5.91 Å². The first kappa shape index (κ1) is 32.6. The van der Waals surface area contributed by atoms with Crippen molar-refractivity contribution in [2.24, 2.45) is 0 Å². The number of carbonyl (C=O) groups is 1. The molecule has 1 unspecified atom stereocenters. The molecular formula is C32H40F3N7O3. The van der Waals surface area contributed by atoms with Crippen molar-refractivity contribution in [3.63, 3.8) is 0 Å². The van der Waals surface area contributed by atoms with Crippen molar-refractivity contribution in [1.29, 1.82) is 0 Å². The second kappa shape index (κ2) is 14.5. The second-order valence-corrected chi connectivity index (χ2v) is 11.4. The van der Waals surface area contributed by atoms with Crippen molar-refractivity contribution in [2.45, 2.75) is 51.9 Å². The molecule has 0 aliphatic carbocycles. The minimum Gasteiger partial charge on any atom is -0.456 e. The van der Waals surface area contributed by atoms with Gasteiger partial charge in [0, 0.05) is 76.7 Å². The Morgan fingerprint density at radius 2 is 1.82 bits per heavy atom. The number of aromatic nitrogens is 3. The van der Waals surface area contributed by atoms with Gasteiger partial charge in [0.25, 0.3) is 0 Å². The summed E-state index contributed by atoms with van der Waals surface area (Å²) < 4.78 is 48.4. The Labute approximate surface area is 261 Å². The average Bonchev–Trinajstić information content (AvgIpc) is 3.03.